The Morgan fingerprint density at radius 3 is 2.39 bits per heavy atom. The van der Waals surface area contributed by atoms with Gasteiger partial charge in [0.25, 0.3) is 11.8 Å². The lowest BCUT2D eigenvalue weighted by Crippen LogP contribution is -2.54. The first-order valence-corrected chi connectivity index (χ1v) is 22.0. The van der Waals surface area contributed by atoms with Crippen LogP contribution in [0.1, 0.15) is 83.2 Å². The fraction of sp³-hybridized carbons (Fsp3) is 0.333. The van der Waals surface area contributed by atoms with Crippen molar-refractivity contribution in [3.05, 3.63) is 108 Å². The molecule has 8 rings (SSSR count). The average molecular weight is 897 g/mol. The number of hydrogen-bond acceptors (Lipinski definition) is 13. The number of ether oxygens (including phenoxy) is 3. The van der Waals surface area contributed by atoms with Crippen molar-refractivity contribution in [1.82, 2.24) is 39.8 Å². The summed E-state index contributed by atoms with van der Waals surface area (Å²) in [6.07, 6.45) is 11.1. The van der Waals surface area contributed by atoms with Crippen LogP contribution in [0, 0.1) is 0 Å². The van der Waals surface area contributed by atoms with Crippen molar-refractivity contribution in [2.24, 2.45) is 0 Å². The summed E-state index contributed by atoms with van der Waals surface area (Å²) in [7, 11) is 3.24. The smallest absolute Gasteiger partial charge is 0.264 e. The second-order valence-corrected chi connectivity index (χ2v) is 16.2. The van der Waals surface area contributed by atoms with E-state index >= 15 is 0 Å². The van der Waals surface area contributed by atoms with Crippen molar-refractivity contribution in [2.75, 3.05) is 38.4 Å². The fourth-order valence-electron chi connectivity index (χ4n) is 8.21. The largest absolute Gasteiger partial charge is 0.497 e. The molecular weight excluding hydrogens is 845 g/mol. The number of carbonyl (C=O) groups excluding carboxylic acids is 5. The molecule has 2 aliphatic heterocycles. The second kappa shape index (κ2) is 20.4. The van der Waals surface area contributed by atoms with Crippen LogP contribution in [0.3, 0.4) is 0 Å². The molecule has 0 aliphatic carbocycles. The molecule has 1 atom stereocenters. The van der Waals surface area contributed by atoms with Crippen molar-refractivity contribution in [3.8, 4) is 28.4 Å². The molecule has 6 aromatic rings. The predicted octanol–water partition coefficient (Wildman–Crippen LogP) is 5.49. The molecule has 18 nitrogen and oxygen atoms in total. The Balaban J connectivity index is 0.736. The van der Waals surface area contributed by atoms with Gasteiger partial charge in [-0.25, -0.2) is 9.97 Å². The molecular formula is C48H52N10O8. The van der Waals surface area contributed by atoms with Gasteiger partial charge in [0, 0.05) is 48.7 Å². The Kier molecular flexibility index (Phi) is 13.8. The van der Waals surface area contributed by atoms with Gasteiger partial charge in [-0.2, -0.15) is 5.10 Å². The standard InChI is InChI=1S/C48H52N10O8/c1-64-34-15-12-30(13-16-34)29-66-39-18-14-31(22-40(39)65-2)26-57-44-37(54-48(57)49)23-32(24-52-44)33-25-53-56(27-33)28-42(60)51-21-8-6-4-3-5-7-20-50-36-11-9-10-35-43(36)47(63)58(46(35)62)38-17-19-41(59)55-45(38)61/h9-16,18,22-25,27,38,50H,3-8,17,19-21,26,28-29H2,1-2H3,(H2,49,54)(H,51,60)(H,55,59,61). The summed E-state index contributed by atoms with van der Waals surface area (Å²) in [5.74, 6) is 0.106. The number of piperidine rings is 1. The quantitative estimate of drug-likeness (QED) is 0.0519. The number of imidazole rings is 1. The van der Waals surface area contributed by atoms with Crippen molar-refractivity contribution in [2.45, 2.75) is 77.1 Å². The molecule has 0 spiro atoms. The van der Waals surface area contributed by atoms with Crippen LogP contribution in [0.15, 0.2) is 85.3 Å². The minimum absolute atomic E-state index is 0.0725. The zero-order valence-corrected chi connectivity index (χ0v) is 36.9. The maximum Gasteiger partial charge on any atom is 0.264 e. The summed E-state index contributed by atoms with van der Waals surface area (Å²) in [6.45, 7) is 2.05. The Morgan fingerprint density at radius 2 is 1.62 bits per heavy atom. The van der Waals surface area contributed by atoms with E-state index in [1.807, 2.05) is 53.1 Å². The maximum atomic E-state index is 13.3. The zero-order valence-electron chi connectivity index (χ0n) is 36.9. The van der Waals surface area contributed by atoms with Gasteiger partial charge in [0.15, 0.2) is 17.1 Å². The number of imide groups is 2. The second-order valence-electron chi connectivity index (χ2n) is 16.2. The lowest BCUT2D eigenvalue weighted by atomic mass is 10.0. The molecule has 0 bridgehead atoms. The van der Waals surface area contributed by atoms with E-state index < -0.39 is 29.7 Å². The number of nitrogens with two attached hydrogens (primary N) is 1. The van der Waals surface area contributed by atoms with Crippen LogP contribution >= 0.6 is 0 Å². The van der Waals surface area contributed by atoms with Gasteiger partial charge in [-0.15, -0.1) is 0 Å². The number of aromatic nitrogens is 5. The van der Waals surface area contributed by atoms with Crippen molar-refractivity contribution >= 4 is 52.3 Å². The molecule has 66 heavy (non-hydrogen) atoms. The van der Waals surface area contributed by atoms with Crippen LogP contribution in [-0.4, -0.2) is 92.1 Å². The van der Waals surface area contributed by atoms with E-state index in [9.17, 15) is 24.0 Å². The van der Waals surface area contributed by atoms with Gasteiger partial charge in [0.05, 0.1) is 38.1 Å². The normalized spacial score (nSPS) is 14.6. The number of amides is 5. The van der Waals surface area contributed by atoms with Crippen molar-refractivity contribution in [3.63, 3.8) is 0 Å². The molecule has 18 heteroatoms. The Labute approximate surface area is 380 Å². The van der Waals surface area contributed by atoms with Crippen LogP contribution in [-0.2, 0) is 34.1 Å². The Bertz CT molecular complexity index is 2770. The highest BCUT2D eigenvalue weighted by Crippen LogP contribution is 2.33. The molecule has 1 saturated heterocycles. The third kappa shape index (κ3) is 10.1. The van der Waals surface area contributed by atoms with Gasteiger partial charge >= 0.3 is 0 Å². The molecule has 0 radical (unpaired) electrons. The van der Waals surface area contributed by atoms with E-state index in [1.54, 1.807) is 55.7 Å². The number of methoxy groups -OCH3 is 2. The number of nitrogens with one attached hydrogen (secondary N) is 3. The number of fused-ring (bicyclic) bond motifs is 2. The highest BCUT2D eigenvalue weighted by Gasteiger charge is 2.45. The van der Waals surface area contributed by atoms with Crippen LogP contribution < -0.4 is 35.9 Å². The van der Waals surface area contributed by atoms with E-state index in [1.165, 1.54) is 0 Å². The predicted molar refractivity (Wildman–Crippen MR) is 245 cm³/mol. The first-order chi connectivity index (χ1) is 32.1. The minimum Gasteiger partial charge on any atom is -0.497 e. The van der Waals surface area contributed by atoms with Crippen LogP contribution in [0.2, 0.25) is 0 Å². The molecule has 5 amide bonds. The SMILES string of the molecule is COc1ccc(COc2ccc(Cn3c(N)nc4cc(-c5cnn(CC(=O)NCCCCCCCCNc6cccc7c6C(=O)N(C6CCC(=O)NC6=O)C7=O)c5)cnc43)cc2OC)cc1. The lowest BCUT2D eigenvalue weighted by molar-refractivity contribution is -0.136. The van der Waals surface area contributed by atoms with E-state index in [0.717, 1.165) is 71.4 Å². The number of pyridine rings is 1. The summed E-state index contributed by atoms with van der Waals surface area (Å²) in [6, 6.07) is 19.4. The summed E-state index contributed by atoms with van der Waals surface area (Å²) >= 11 is 0. The molecule has 5 heterocycles. The summed E-state index contributed by atoms with van der Waals surface area (Å²) in [4.78, 5) is 73.4. The monoisotopic (exact) mass is 896 g/mol. The van der Waals surface area contributed by atoms with Crippen molar-refractivity contribution < 1.29 is 38.2 Å². The maximum absolute atomic E-state index is 13.3. The number of carbonyl (C=O) groups is 5. The molecule has 0 saturated carbocycles. The molecule has 5 N–H and O–H groups in total. The Hall–Kier alpha value is -7.76. The number of anilines is 2. The number of rotatable bonds is 21. The number of nitrogens with zero attached hydrogens (tertiary/aromatic N) is 6. The third-order valence-corrected chi connectivity index (χ3v) is 11.7. The Morgan fingerprint density at radius 1 is 0.848 bits per heavy atom. The minimum atomic E-state index is -1.000. The van der Waals surface area contributed by atoms with Gasteiger partial charge < -0.3 is 30.6 Å². The van der Waals surface area contributed by atoms with E-state index in [-0.39, 0.29) is 36.4 Å². The van der Waals surface area contributed by atoms with Crippen LogP contribution in [0.25, 0.3) is 22.3 Å². The number of hydrogen-bond donors (Lipinski definition) is 4. The third-order valence-electron chi connectivity index (χ3n) is 11.7. The highest BCUT2D eigenvalue weighted by atomic mass is 16.5. The summed E-state index contributed by atoms with van der Waals surface area (Å²) in [5, 5.41) is 12.9. The van der Waals surface area contributed by atoms with E-state index in [4.69, 9.17) is 24.9 Å². The van der Waals surface area contributed by atoms with Gasteiger partial charge in [-0.1, -0.05) is 49.9 Å². The van der Waals surface area contributed by atoms with E-state index in [2.05, 4.69) is 26.0 Å². The van der Waals surface area contributed by atoms with Crippen molar-refractivity contribution in [1.29, 1.82) is 0 Å². The molecule has 1 fully saturated rings. The van der Waals surface area contributed by atoms with Gasteiger partial charge in [-0.3, -0.25) is 43.4 Å². The number of unbranched alkanes of at least 4 members (excludes halogenated alkanes) is 5. The number of nitrogen functional groups attached to an aromatic ring is 1. The summed E-state index contributed by atoms with van der Waals surface area (Å²) in [5.41, 5.74) is 12.2. The van der Waals surface area contributed by atoms with E-state index in [0.29, 0.717) is 60.5 Å². The van der Waals surface area contributed by atoms with Gasteiger partial charge in [0.2, 0.25) is 23.7 Å². The highest BCUT2D eigenvalue weighted by molar-refractivity contribution is 6.25. The lowest BCUT2D eigenvalue weighted by Gasteiger charge is -2.27. The van der Waals surface area contributed by atoms with Crippen LogP contribution in [0.4, 0.5) is 11.6 Å². The molecule has 3 aromatic heterocycles. The topological polar surface area (TPSA) is 227 Å². The first-order valence-electron chi connectivity index (χ1n) is 22.0. The fourth-order valence-corrected chi connectivity index (χ4v) is 8.21. The van der Waals surface area contributed by atoms with Gasteiger partial charge in [0.1, 0.15) is 30.5 Å². The van der Waals surface area contributed by atoms with Crippen LogP contribution in [0.5, 0.6) is 17.2 Å². The molecule has 342 valence electrons. The zero-order chi connectivity index (χ0) is 46.2. The average Bonchev–Trinajstić information content (AvgIpc) is 3.99. The molecule has 3 aromatic carbocycles. The molecule has 2 aliphatic rings. The summed E-state index contributed by atoms with van der Waals surface area (Å²) < 4.78 is 20.4. The van der Waals surface area contributed by atoms with Gasteiger partial charge in [-0.05, 0) is 72.9 Å². The number of benzene rings is 3. The molecule has 1 unspecified atom stereocenters. The first kappa shape index (κ1) is 44.8.